The molecule has 1 saturated heterocycles. The van der Waals surface area contributed by atoms with Crippen molar-refractivity contribution in [2.45, 2.75) is 25.3 Å². The smallest absolute Gasteiger partial charge is 0.307 e. The Morgan fingerprint density at radius 3 is 2.38 bits per heavy atom. The number of hydrogen-bond acceptors (Lipinski definition) is 3. The van der Waals surface area contributed by atoms with Gasteiger partial charge in [-0.15, -0.1) is 0 Å². The van der Waals surface area contributed by atoms with Gasteiger partial charge in [0.1, 0.15) is 0 Å². The fourth-order valence-electron chi connectivity index (χ4n) is 2.36. The number of carbonyl (C=O) groups excluding carboxylic acids is 1. The van der Waals surface area contributed by atoms with E-state index in [1.807, 2.05) is 18.8 Å². The van der Waals surface area contributed by atoms with E-state index in [9.17, 15) is 9.59 Å². The minimum Gasteiger partial charge on any atom is -0.481 e. The Hall–Kier alpha value is -0.710. The zero-order valence-electron chi connectivity index (χ0n) is 9.39. The maximum Gasteiger partial charge on any atom is 0.307 e. The third kappa shape index (κ3) is 2.05. The molecule has 1 aliphatic carbocycles. The van der Waals surface area contributed by atoms with Crippen LogP contribution in [0.3, 0.4) is 0 Å². The van der Waals surface area contributed by atoms with Gasteiger partial charge in [0.25, 0.3) is 0 Å². The molecule has 0 radical (unpaired) electrons. The average molecular weight is 243 g/mol. The first-order valence-electron chi connectivity index (χ1n) is 5.68. The Bertz CT molecular complexity index is 302. The highest BCUT2D eigenvalue weighted by Crippen LogP contribution is 2.36. The Balaban J connectivity index is 1.94. The van der Waals surface area contributed by atoms with Crippen molar-refractivity contribution in [3.63, 3.8) is 0 Å². The fourth-order valence-corrected chi connectivity index (χ4v) is 3.63. The van der Waals surface area contributed by atoms with Gasteiger partial charge >= 0.3 is 5.97 Å². The normalized spacial score (nSPS) is 33.2. The summed E-state index contributed by atoms with van der Waals surface area (Å²) < 4.78 is 0. The van der Waals surface area contributed by atoms with Gasteiger partial charge in [-0.2, -0.15) is 11.8 Å². The minimum absolute atomic E-state index is 0.0335. The SMILES string of the molecule is CN(C(=O)C1CCC1C(=O)O)C1CCSC1. The lowest BCUT2D eigenvalue weighted by Crippen LogP contribution is -2.48. The molecule has 3 atom stereocenters. The summed E-state index contributed by atoms with van der Waals surface area (Å²) in [5, 5.41) is 8.92. The summed E-state index contributed by atoms with van der Waals surface area (Å²) in [5.41, 5.74) is 0. The molecule has 0 spiro atoms. The molecule has 2 rings (SSSR count). The number of carboxylic acid groups (broad SMARTS) is 1. The second-order valence-corrected chi connectivity index (χ2v) is 5.74. The molecular formula is C11H17NO3S. The molecular weight excluding hydrogens is 226 g/mol. The van der Waals surface area contributed by atoms with Crippen molar-refractivity contribution in [3.8, 4) is 0 Å². The van der Waals surface area contributed by atoms with E-state index in [2.05, 4.69) is 0 Å². The molecule has 90 valence electrons. The van der Waals surface area contributed by atoms with E-state index in [4.69, 9.17) is 5.11 Å². The highest BCUT2D eigenvalue weighted by molar-refractivity contribution is 7.99. The van der Waals surface area contributed by atoms with Gasteiger partial charge in [0.15, 0.2) is 0 Å². The van der Waals surface area contributed by atoms with Crippen LogP contribution >= 0.6 is 11.8 Å². The molecule has 1 N–H and O–H groups in total. The van der Waals surface area contributed by atoms with E-state index < -0.39 is 11.9 Å². The molecule has 1 amide bonds. The van der Waals surface area contributed by atoms with Crippen LogP contribution in [0.2, 0.25) is 0 Å². The number of nitrogens with zero attached hydrogens (tertiary/aromatic N) is 1. The predicted molar refractivity (Wildman–Crippen MR) is 62.3 cm³/mol. The fraction of sp³-hybridized carbons (Fsp3) is 0.818. The molecule has 0 aromatic rings. The van der Waals surface area contributed by atoms with E-state index in [-0.39, 0.29) is 11.8 Å². The Morgan fingerprint density at radius 2 is 1.94 bits per heavy atom. The number of aliphatic carboxylic acids is 1. The lowest BCUT2D eigenvalue weighted by molar-refractivity contribution is -0.156. The highest BCUT2D eigenvalue weighted by atomic mass is 32.2. The van der Waals surface area contributed by atoms with Crippen LogP contribution in [-0.2, 0) is 9.59 Å². The molecule has 5 heteroatoms. The van der Waals surface area contributed by atoms with E-state index >= 15 is 0 Å². The summed E-state index contributed by atoms with van der Waals surface area (Å²) in [6.45, 7) is 0. The van der Waals surface area contributed by atoms with Gasteiger partial charge in [-0.25, -0.2) is 0 Å². The summed E-state index contributed by atoms with van der Waals surface area (Å²) >= 11 is 1.86. The Morgan fingerprint density at radius 1 is 1.25 bits per heavy atom. The van der Waals surface area contributed by atoms with Gasteiger partial charge in [-0.3, -0.25) is 9.59 Å². The van der Waals surface area contributed by atoms with Gasteiger partial charge in [0, 0.05) is 18.8 Å². The quantitative estimate of drug-likeness (QED) is 0.805. The van der Waals surface area contributed by atoms with Crippen LogP contribution in [0.1, 0.15) is 19.3 Å². The summed E-state index contributed by atoms with van der Waals surface area (Å²) in [6, 6.07) is 0.313. The van der Waals surface area contributed by atoms with Crippen LogP contribution in [0.15, 0.2) is 0 Å². The van der Waals surface area contributed by atoms with Gasteiger partial charge in [0.05, 0.1) is 11.8 Å². The predicted octanol–water partition coefficient (Wildman–Crippen LogP) is 1.06. The van der Waals surface area contributed by atoms with Crippen LogP contribution in [0.4, 0.5) is 0 Å². The van der Waals surface area contributed by atoms with Crippen LogP contribution in [0.25, 0.3) is 0 Å². The van der Waals surface area contributed by atoms with Crippen LogP contribution in [-0.4, -0.2) is 46.5 Å². The van der Waals surface area contributed by atoms with Crippen LogP contribution in [0, 0.1) is 11.8 Å². The molecule has 1 heterocycles. The van der Waals surface area contributed by atoms with Crippen LogP contribution < -0.4 is 0 Å². The molecule has 0 aromatic heterocycles. The number of hydrogen-bond donors (Lipinski definition) is 1. The number of amides is 1. The van der Waals surface area contributed by atoms with E-state index in [0.717, 1.165) is 24.3 Å². The van der Waals surface area contributed by atoms with E-state index in [0.29, 0.717) is 12.5 Å². The van der Waals surface area contributed by atoms with Crippen molar-refractivity contribution >= 4 is 23.6 Å². The first-order chi connectivity index (χ1) is 7.61. The second kappa shape index (κ2) is 4.65. The third-order valence-electron chi connectivity index (χ3n) is 3.71. The number of thioether (sulfide) groups is 1. The van der Waals surface area contributed by atoms with Crippen molar-refractivity contribution in [2.24, 2.45) is 11.8 Å². The highest BCUT2D eigenvalue weighted by Gasteiger charge is 2.43. The Labute approximate surface area is 99.4 Å². The standard InChI is InChI=1S/C11H17NO3S/c1-12(7-4-5-16-6-7)10(13)8-2-3-9(8)11(14)15/h7-9H,2-6H2,1H3,(H,14,15). The molecule has 0 bridgehead atoms. The molecule has 4 nitrogen and oxygen atoms in total. The molecule has 3 unspecified atom stereocenters. The molecule has 1 saturated carbocycles. The zero-order chi connectivity index (χ0) is 11.7. The molecule has 1 aliphatic heterocycles. The van der Waals surface area contributed by atoms with Crippen molar-refractivity contribution in [1.29, 1.82) is 0 Å². The van der Waals surface area contributed by atoms with E-state index in [1.54, 1.807) is 4.90 Å². The van der Waals surface area contributed by atoms with Crippen molar-refractivity contribution < 1.29 is 14.7 Å². The maximum absolute atomic E-state index is 12.1. The summed E-state index contributed by atoms with van der Waals surface area (Å²) in [7, 11) is 1.82. The summed E-state index contributed by atoms with van der Waals surface area (Å²) in [6.07, 6.45) is 2.43. The number of carboxylic acids is 1. The van der Waals surface area contributed by atoms with Crippen molar-refractivity contribution in [2.75, 3.05) is 18.6 Å². The van der Waals surface area contributed by atoms with Gasteiger partial charge in [0.2, 0.25) is 5.91 Å². The minimum atomic E-state index is -0.821. The maximum atomic E-state index is 12.1. The second-order valence-electron chi connectivity index (χ2n) is 4.60. The lowest BCUT2D eigenvalue weighted by Gasteiger charge is -2.36. The number of carbonyl (C=O) groups is 2. The Kier molecular flexibility index (Phi) is 3.42. The van der Waals surface area contributed by atoms with Gasteiger partial charge < -0.3 is 10.0 Å². The summed E-state index contributed by atoms with van der Waals surface area (Å²) in [4.78, 5) is 24.7. The van der Waals surface area contributed by atoms with E-state index in [1.165, 1.54) is 0 Å². The molecule has 2 aliphatic rings. The lowest BCUT2D eigenvalue weighted by atomic mass is 9.73. The molecule has 0 aromatic carbocycles. The third-order valence-corrected chi connectivity index (χ3v) is 4.85. The average Bonchev–Trinajstić information content (AvgIpc) is 2.66. The van der Waals surface area contributed by atoms with Crippen molar-refractivity contribution in [3.05, 3.63) is 0 Å². The number of rotatable bonds is 3. The molecule has 16 heavy (non-hydrogen) atoms. The van der Waals surface area contributed by atoms with Crippen molar-refractivity contribution in [1.82, 2.24) is 4.90 Å². The summed E-state index contributed by atoms with van der Waals surface area (Å²) in [5.74, 6) is 0.601. The van der Waals surface area contributed by atoms with Gasteiger partial charge in [-0.1, -0.05) is 0 Å². The monoisotopic (exact) mass is 243 g/mol. The van der Waals surface area contributed by atoms with Crippen LogP contribution in [0.5, 0.6) is 0 Å². The molecule has 2 fully saturated rings. The largest absolute Gasteiger partial charge is 0.481 e. The first kappa shape index (κ1) is 11.8. The topological polar surface area (TPSA) is 57.6 Å². The van der Waals surface area contributed by atoms with Gasteiger partial charge in [-0.05, 0) is 25.0 Å². The first-order valence-corrected chi connectivity index (χ1v) is 6.84. The zero-order valence-corrected chi connectivity index (χ0v) is 10.2.